The van der Waals surface area contributed by atoms with E-state index >= 15 is 0 Å². The van der Waals surface area contributed by atoms with Gasteiger partial charge in [0.1, 0.15) is 0 Å². The Hall–Kier alpha value is -1.82. The number of hydrogen-bond donors (Lipinski definition) is 2. The molecule has 0 atom stereocenters. The first kappa shape index (κ1) is 14.6. The molecule has 2 N–H and O–H groups in total. The summed E-state index contributed by atoms with van der Waals surface area (Å²) in [4.78, 5) is 11.7. The molecule has 0 aliphatic rings. The van der Waals surface area contributed by atoms with Gasteiger partial charge < -0.3 is 10.6 Å². The van der Waals surface area contributed by atoms with Crippen molar-refractivity contribution in [1.29, 1.82) is 0 Å². The zero-order valence-corrected chi connectivity index (χ0v) is 13.2. The molecule has 0 heterocycles. The van der Waals surface area contributed by atoms with E-state index in [2.05, 4.69) is 33.2 Å². The lowest BCUT2D eigenvalue weighted by molar-refractivity contribution is 0.255. The van der Waals surface area contributed by atoms with Crippen molar-refractivity contribution in [1.82, 2.24) is 5.32 Å². The van der Waals surface area contributed by atoms with Crippen molar-refractivity contribution in [2.24, 2.45) is 0 Å². The molecule has 3 nitrogen and oxygen atoms in total. The maximum absolute atomic E-state index is 11.7. The SMILES string of the molecule is Cc1ccc(/C=C/NC(=O)Nc2ccc(I)cc2)cc1. The van der Waals surface area contributed by atoms with E-state index in [9.17, 15) is 4.79 Å². The van der Waals surface area contributed by atoms with Crippen LogP contribution in [0, 0.1) is 10.5 Å². The first-order valence-electron chi connectivity index (χ1n) is 6.20. The lowest BCUT2D eigenvalue weighted by atomic mass is 10.1. The Kier molecular flexibility index (Phi) is 5.17. The van der Waals surface area contributed by atoms with Crippen LogP contribution in [-0.4, -0.2) is 6.03 Å². The Morgan fingerprint density at radius 1 is 1.05 bits per heavy atom. The van der Waals surface area contributed by atoms with Crippen LogP contribution < -0.4 is 10.6 Å². The monoisotopic (exact) mass is 378 g/mol. The maximum atomic E-state index is 11.7. The first-order chi connectivity index (χ1) is 9.63. The van der Waals surface area contributed by atoms with Crippen LogP contribution in [0.15, 0.2) is 54.7 Å². The molecule has 4 heteroatoms. The molecule has 0 aliphatic heterocycles. The molecule has 20 heavy (non-hydrogen) atoms. The number of nitrogens with one attached hydrogen (secondary N) is 2. The molecule has 0 bridgehead atoms. The fraction of sp³-hybridized carbons (Fsp3) is 0.0625. The Bertz CT molecular complexity index is 603. The standard InChI is InChI=1S/C16H15IN2O/c1-12-2-4-13(5-3-12)10-11-18-16(20)19-15-8-6-14(17)7-9-15/h2-11H,1H3,(H2,18,19,20)/b11-10+. The largest absolute Gasteiger partial charge is 0.323 e. The summed E-state index contributed by atoms with van der Waals surface area (Å²) in [5.74, 6) is 0. The molecule has 2 rings (SSSR count). The van der Waals surface area contributed by atoms with Gasteiger partial charge in [-0.15, -0.1) is 0 Å². The van der Waals surface area contributed by atoms with E-state index in [-0.39, 0.29) is 6.03 Å². The van der Waals surface area contributed by atoms with Crippen molar-refractivity contribution in [2.45, 2.75) is 6.92 Å². The van der Waals surface area contributed by atoms with Crippen LogP contribution in [0.25, 0.3) is 6.08 Å². The van der Waals surface area contributed by atoms with Gasteiger partial charge in [-0.2, -0.15) is 0 Å². The molecular weight excluding hydrogens is 363 g/mol. The lowest BCUT2D eigenvalue weighted by Gasteiger charge is -2.04. The van der Waals surface area contributed by atoms with Crippen molar-refractivity contribution in [3.8, 4) is 0 Å². The average Bonchev–Trinajstić information content (AvgIpc) is 2.44. The fourth-order valence-corrected chi connectivity index (χ4v) is 1.95. The summed E-state index contributed by atoms with van der Waals surface area (Å²) in [5, 5.41) is 5.44. The topological polar surface area (TPSA) is 41.1 Å². The third-order valence-corrected chi connectivity index (χ3v) is 3.39. The van der Waals surface area contributed by atoms with Crippen molar-refractivity contribution in [3.63, 3.8) is 0 Å². The molecule has 102 valence electrons. The number of anilines is 1. The second-order valence-electron chi connectivity index (χ2n) is 4.35. The van der Waals surface area contributed by atoms with Gasteiger partial charge in [-0.3, -0.25) is 0 Å². The van der Waals surface area contributed by atoms with Crippen molar-refractivity contribution < 1.29 is 4.79 Å². The quantitative estimate of drug-likeness (QED) is 0.765. The zero-order valence-electron chi connectivity index (χ0n) is 11.1. The molecular formula is C16H15IN2O. The Labute approximate surface area is 132 Å². The normalized spacial score (nSPS) is 10.5. The molecule has 2 aromatic rings. The highest BCUT2D eigenvalue weighted by Crippen LogP contribution is 2.10. The smallest absolute Gasteiger partial charge is 0.314 e. The number of benzene rings is 2. The Morgan fingerprint density at radius 3 is 2.35 bits per heavy atom. The average molecular weight is 378 g/mol. The molecule has 0 radical (unpaired) electrons. The second-order valence-corrected chi connectivity index (χ2v) is 5.60. The molecule has 0 saturated carbocycles. The van der Waals surface area contributed by atoms with Crippen LogP contribution in [0.2, 0.25) is 0 Å². The van der Waals surface area contributed by atoms with Crippen molar-refractivity contribution in [3.05, 3.63) is 69.4 Å². The van der Waals surface area contributed by atoms with E-state index in [0.29, 0.717) is 0 Å². The molecule has 0 fully saturated rings. The van der Waals surface area contributed by atoms with Gasteiger partial charge in [0.05, 0.1) is 0 Å². The van der Waals surface area contributed by atoms with Gasteiger partial charge in [-0.25, -0.2) is 4.79 Å². The Morgan fingerprint density at radius 2 is 1.70 bits per heavy atom. The van der Waals surface area contributed by atoms with Crippen LogP contribution in [0.1, 0.15) is 11.1 Å². The number of amides is 2. The molecule has 2 aromatic carbocycles. The molecule has 0 aromatic heterocycles. The summed E-state index contributed by atoms with van der Waals surface area (Å²) in [6.07, 6.45) is 3.49. The number of halogens is 1. The van der Waals surface area contributed by atoms with Crippen LogP contribution in [0.3, 0.4) is 0 Å². The van der Waals surface area contributed by atoms with Gasteiger partial charge in [0.15, 0.2) is 0 Å². The summed E-state index contributed by atoms with van der Waals surface area (Å²) in [7, 11) is 0. The van der Waals surface area contributed by atoms with E-state index in [1.807, 2.05) is 61.5 Å². The first-order valence-corrected chi connectivity index (χ1v) is 7.28. The Balaban J connectivity index is 1.85. The minimum absolute atomic E-state index is 0.255. The van der Waals surface area contributed by atoms with Crippen LogP contribution in [0.4, 0.5) is 10.5 Å². The van der Waals surface area contributed by atoms with Crippen LogP contribution >= 0.6 is 22.6 Å². The summed E-state index contributed by atoms with van der Waals surface area (Å²) >= 11 is 2.22. The van der Waals surface area contributed by atoms with Gasteiger partial charge in [0, 0.05) is 15.5 Å². The number of rotatable bonds is 3. The number of carbonyl (C=O) groups excluding carboxylic acids is 1. The molecule has 0 spiro atoms. The summed E-state index contributed by atoms with van der Waals surface area (Å²) in [5.41, 5.74) is 3.03. The third-order valence-electron chi connectivity index (χ3n) is 2.67. The lowest BCUT2D eigenvalue weighted by Crippen LogP contribution is -2.23. The minimum Gasteiger partial charge on any atom is -0.314 e. The zero-order chi connectivity index (χ0) is 14.4. The summed E-state index contributed by atoms with van der Waals surface area (Å²) in [6, 6.07) is 15.4. The summed E-state index contributed by atoms with van der Waals surface area (Å²) < 4.78 is 1.13. The van der Waals surface area contributed by atoms with Gasteiger partial charge in [0.2, 0.25) is 0 Å². The van der Waals surface area contributed by atoms with Crippen LogP contribution in [0.5, 0.6) is 0 Å². The van der Waals surface area contributed by atoms with Crippen molar-refractivity contribution in [2.75, 3.05) is 5.32 Å². The molecule has 0 saturated heterocycles. The highest BCUT2D eigenvalue weighted by atomic mass is 127. The van der Waals surface area contributed by atoms with E-state index in [0.717, 1.165) is 14.8 Å². The number of hydrogen-bond acceptors (Lipinski definition) is 1. The van der Waals surface area contributed by atoms with E-state index < -0.39 is 0 Å². The predicted molar refractivity (Wildman–Crippen MR) is 91.5 cm³/mol. The van der Waals surface area contributed by atoms with Gasteiger partial charge in [0.25, 0.3) is 0 Å². The third kappa shape index (κ3) is 4.70. The fourth-order valence-electron chi connectivity index (χ4n) is 1.59. The van der Waals surface area contributed by atoms with E-state index in [1.165, 1.54) is 5.56 Å². The summed E-state index contributed by atoms with van der Waals surface area (Å²) in [6.45, 7) is 2.04. The highest BCUT2D eigenvalue weighted by molar-refractivity contribution is 14.1. The minimum atomic E-state index is -0.255. The number of urea groups is 1. The maximum Gasteiger partial charge on any atom is 0.323 e. The van der Waals surface area contributed by atoms with Gasteiger partial charge >= 0.3 is 6.03 Å². The number of carbonyl (C=O) groups is 1. The second kappa shape index (κ2) is 7.09. The van der Waals surface area contributed by atoms with E-state index in [4.69, 9.17) is 0 Å². The van der Waals surface area contributed by atoms with Crippen LogP contribution in [-0.2, 0) is 0 Å². The number of aryl methyl sites for hydroxylation is 1. The molecule has 0 aliphatic carbocycles. The van der Waals surface area contributed by atoms with Crippen molar-refractivity contribution >= 4 is 40.4 Å². The molecule has 0 unspecified atom stereocenters. The predicted octanol–water partition coefficient (Wildman–Crippen LogP) is 4.39. The van der Waals surface area contributed by atoms with Gasteiger partial charge in [-0.1, -0.05) is 29.8 Å². The molecule has 2 amide bonds. The van der Waals surface area contributed by atoms with E-state index in [1.54, 1.807) is 6.20 Å². The van der Waals surface area contributed by atoms with Gasteiger partial charge in [-0.05, 0) is 65.4 Å². The highest BCUT2D eigenvalue weighted by Gasteiger charge is 1.98.